The predicted octanol–water partition coefficient (Wildman–Crippen LogP) is 3.13. The minimum Gasteiger partial charge on any atom is -0.486 e. The molecule has 0 fully saturated rings. The van der Waals surface area contributed by atoms with Gasteiger partial charge in [0.05, 0.1) is 19.1 Å². The molecular formula is C24H31N3O4. The van der Waals surface area contributed by atoms with Gasteiger partial charge in [0, 0.05) is 5.69 Å². The molecule has 2 aromatic rings. The van der Waals surface area contributed by atoms with Crippen molar-refractivity contribution < 1.29 is 19.1 Å². The van der Waals surface area contributed by atoms with Gasteiger partial charge in [-0.05, 0) is 63.6 Å². The van der Waals surface area contributed by atoms with E-state index in [9.17, 15) is 9.59 Å². The molecule has 31 heavy (non-hydrogen) atoms. The number of likely N-dealkylation sites (N-methyl/N-ethyl adjacent to an activating group) is 1. The standard InChI is InChI=1S/C24H31N3O4/c1-15-10-16(2)24(17(3)11-15)26-23(29)14-27(5)13-22(28)25-18(4)19-6-7-20-21(12-19)31-9-8-30-20/h6-7,10-12,18H,8-9,13-14H2,1-5H3,(H,25,28)(H,26,29)/t18-/m1/s1. The molecule has 1 atom stereocenters. The van der Waals surface area contributed by atoms with Crippen molar-refractivity contribution in [3.05, 3.63) is 52.6 Å². The van der Waals surface area contributed by atoms with Gasteiger partial charge in [0.1, 0.15) is 13.2 Å². The lowest BCUT2D eigenvalue weighted by atomic mass is 10.1. The molecule has 0 spiro atoms. The number of nitrogens with zero attached hydrogens (tertiary/aromatic N) is 1. The molecule has 0 unspecified atom stereocenters. The van der Waals surface area contributed by atoms with Crippen LogP contribution in [-0.2, 0) is 9.59 Å². The molecule has 3 rings (SSSR count). The maximum Gasteiger partial charge on any atom is 0.238 e. The van der Waals surface area contributed by atoms with Gasteiger partial charge in [-0.15, -0.1) is 0 Å². The van der Waals surface area contributed by atoms with Gasteiger partial charge in [0.2, 0.25) is 11.8 Å². The molecular weight excluding hydrogens is 394 g/mol. The first-order valence-corrected chi connectivity index (χ1v) is 10.5. The van der Waals surface area contributed by atoms with E-state index in [1.165, 1.54) is 0 Å². The van der Waals surface area contributed by atoms with E-state index < -0.39 is 0 Å². The molecule has 0 radical (unpaired) electrons. The van der Waals surface area contributed by atoms with Crippen LogP contribution in [0.25, 0.3) is 0 Å². The summed E-state index contributed by atoms with van der Waals surface area (Å²) in [5.74, 6) is 1.12. The van der Waals surface area contributed by atoms with Crippen molar-refractivity contribution in [2.24, 2.45) is 0 Å². The van der Waals surface area contributed by atoms with Gasteiger partial charge >= 0.3 is 0 Å². The van der Waals surface area contributed by atoms with E-state index in [-0.39, 0.29) is 30.9 Å². The van der Waals surface area contributed by atoms with Crippen LogP contribution >= 0.6 is 0 Å². The largest absolute Gasteiger partial charge is 0.486 e. The molecule has 2 amide bonds. The molecule has 0 aliphatic carbocycles. The van der Waals surface area contributed by atoms with E-state index >= 15 is 0 Å². The summed E-state index contributed by atoms with van der Waals surface area (Å²) in [6.07, 6.45) is 0. The fraction of sp³-hybridized carbons (Fsp3) is 0.417. The lowest BCUT2D eigenvalue weighted by Gasteiger charge is -2.22. The molecule has 1 aliphatic rings. The van der Waals surface area contributed by atoms with Crippen LogP contribution in [0.15, 0.2) is 30.3 Å². The minimum absolute atomic E-state index is 0.119. The van der Waals surface area contributed by atoms with E-state index in [0.717, 1.165) is 33.7 Å². The van der Waals surface area contributed by atoms with Crippen LogP contribution < -0.4 is 20.1 Å². The molecule has 2 aromatic carbocycles. The number of anilines is 1. The van der Waals surface area contributed by atoms with Crippen molar-refractivity contribution in [2.45, 2.75) is 33.7 Å². The van der Waals surface area contributed by atoms with Crippen LogP contribution in [0.4, 0.5) is 5.69 Å². The summed E-state index contributed by atoms with van der Waals surface area (Å²) in [7, 11) is 1.75. The SMILES string of the molecule is Cc1cc(C)c(NC(=O)CN(C)CC(=O)N[C@H](C)c2ccc3c(c2)OCCO3)c(C)c1. The maximum absolute atomic E-state index is 12.5. The highest BCUT2D eigenvalue weighted by atomic mass is 16.6. The topological polar surface area (TPSA) is 79.9 Å². The van der Waals surface area contributed by atoms with Gasteiger partial charge in [0.15, 0.2) is 11.5 Å². The molecule has 7 heteroatoms. The Balaban J connectivity index is 1.50. The van der Waals surface area contributed by atoms with Crippen LogP contribution in [0.1, 0.15) is 35.2 Å². The van der Waals surface area contributed by atoms with Crippen molar-refractivity contribution in [2.75, 3.05) is 38.7 Å². The average molecular weight is 426 g/mol. The molecule has 7 nitrogen and oxygen atoms in total. The number of nitrogens with one attached hydrogen (secondary N) is 2. The highest BCUT2D eigenvalue weighted by Crippen LogP contribution is 2.32. The van der Waals surface area contributed by atoms with Crippen LogP contribution in [0.2, 0.25) is 0 Å². The van der Waals surface area contributed by atoms with Gasteiger partial charge in [-0.3, -0.25) is 14.5 Å². The number of carbonyl (C=O) groups is 2. The summed E-state index contributed by atoms with van der Waals surface area (Å²) >= 11 is 0. The van der Waals surface area contributed by atoms with Crippen LogP contribution in [0, 0.1) is 20.8 Å². The van der Waals surface area contributed by atoms with Crippen molar-refractivity contribution in [3.8, 4) is 11.5 Å². The fourth-order valence-corrected chi connectivity index (χ4v) is 3.80. The molecule has 166 valence electrons. The number of carbonyl (C=O) groups excluding carboxylic acids is 2. The highest BCUT2D eigenvalue weighted by Gasteiger charge is 2.17. The molecule has 0 bridgehead atoms. The second-order valence-electron chi connectivity index (χ2n) is 8.19. The lowest BCUT2D eigenvalue weighted by molar-refractivity contribution is -0.123. The smallest absolute Gasteiger partial charge is 0.238 e. The Morgan fingerprint density at radius 2 is 1.58 bits per heavy atom. The average Bonchev–Trinajstić information content (AvgIpc) is 2.70. The minimum atomic E-state index is -0.191. The Hall–Kier alpha value is -3.06. The summed E-state index contributed by atoms with van der Waals surface area (Å²) in [5, 5.41) is 5.94. The van der Waals surface area contributed by atoms with Crippen LogP contribution in [-0.4, -0.2) is 50.1 Å². The summed E-state index contributed by atoms with van der Waals surface area (Å²) in [6, 6.07) is 9.56. The highest BCUT2D eigenvalue weighted by molar-refractivity contribution is 5.94. The zero-order valence-corrected chi connectivity index (χ0v) is 18.9. The Morgan fingerprint density at radius 1 is 0.968 bits per heavy atom. The number of rotatable bonds is 7. The molecule has 2 N–H and O–H groups in total. The van der Waals surface area contributed by atoms with E-state index in [4.69, 9.17) is 9.47 Å². The third-order valence-corrected chi connectivity index (χ3v) is 5.21. The number of hydrogen-bond acceptors (Lipinski definition) is 5. The van der Waals surface area contributed by atoms with Gasteiger partial charge in [0.25, 0.3) is 0 Å². The third kappa shape index (κ3) is 5.98. The lowest BCUT2D eigenvalue weighted by Crippen LogP contribution is -2.39. The van der Waals surface area contributed by atoms with E-state index in [2.05, 4.69) is 10.6 Å². The van der Waals surface area contributed by atoms with E-state index in [1.54, 1.807) is 11.9 Å². The number of benzene rings is 2. The maximum atomic E-state index is 12.5. The van der Waals surface area contributed by atoms with Crippen molar-refractivity contribution in [1.29, 1.82) is 0 Å². The number of fused-ring (bicyclic) bond motifs is 1. The number of amides is 2. The molecule has 1 heterocycles. The summed E-state index contributed by atoms with van der Waals surface area (Å²) < 4.78 is 11.1. The zero-order valence-electron chi connectivity index (χ0n) is 18.9. The number of ether oxygens (including phenoxy) is 2. The number of aryl methyl sites for hydroxylation is 3. The first kappa shape index (κ1) is 22.6. The summed E-state index contributed by atoms with van der Waals surface area (Å²) in [6.45, 7) is 9.21. The Morgan fingerprint density at radius 3 is 2.26 bits per heavy atom. The van der Waals surface area contributed by atoms with Gasteiger partial charge in [-0.2, -0.15) is 0 Å². The van der Waals surface area contributed by atoms with Crippen molar-refractivity contribution >= 4 is 17.5 Å². The monoisotopic (exact) mass is 425 g/mol. The van der Waals surface area contributed by atoms with Gasteiger partial charge in [-0.25, -0.2) is 0 Å². The third-order valence-electron chi connectivity index (χ3n) is 5.21. The van der Waals surface area contributed by atoms with Crippen molar-refractivity contribution in [3.63, 3.8) is 0 Å². The first-order valence-electron chi connectivity index (χ1n) is 10.5. The quantitative estimate of drug-likeness (QED) is 0.713. The summed E-state index contributed by atoms with van der Waals surface area (Å²) in [4.78, 5) is 26.6. The zero-order chi connectivity index (χ0) is 22.5. The van der Waals surface area contributed by atoms with Crippen molar-refractivity contribution in [1.82, 2.24) is 10.2 Å². The fourth-order valence-electron chi connectivity index (χ4n) is 3.80. The Kier molecular flexibility index (Phi) is 7.17. The Bertz CT molecular complexity index is 950. The number of hydrogen-bond donors (Lipinski definition) is 2. The van der Waals surface area contributed by atoms with Gasteiger partial charge < -0.3 is 20.1 Å². The molecule has 0 aromatic heterocycles. The second kappa shape index (κ2) is 9.83. The van der Waals surface area contributed by atoms with E-state index in [1.807, 2.05) is 58.0 Å². The van der Waals surface area contributed by atoms with Crippen LogP contribution in [0.5, 0.6) is 11.5 Å². The summed E-state index contributed by atoms with van der Waals surface area (Å²) in [5.41, 5.74) is 4.98. The van der Waals surface area contributed by atoms with Crippen LogP contribution in [0.3, 0.4) is 0 Å². The predicted molar refractivity (Wildman–Crippen MR) is 121 cm³/mol. The molecule has 1 aliphatic heterocycles. The van der Waals surface area contributed by atoms with E-state index in [0.29, 0.717) is 19.0 Å². The van der Waals surface area contributed by atoms with Gasteiger partial charge in [-0.1, -0.05) is 23.8 Å². The molecule has 0 saturated carbocycles. The normalized spacial score (nSPS) is 13.6. The Labute approximate surface area is 183 Å². The molecule has 0 saturated heterocycles. The first-order chi connectivity index (χ1) is 14.7. The second-order valence-corrected chi connectivity index (χ2v) is 8.19.